The highest BCUT2D eigenvalue weighted by atomic mass is 32.2. The lowest BCUT2D eigenvalue weighted by atomic mass is 9.96. The molecule has 0 amide bonds. The van der Waals surface area contributed by atoms with Gasteiger partial charge in [0.05, 0.1) is 24.2 Å². The van der Waals surface area contributed by atoms with Crippen molar-refractivity contribution in [3.8, 4) is 0 Å². The molecule has 7 nitrogen and oxygen atoms in total. The summed E-state index contributed by atoms with van der Waals surface area (Å²) < 4.78 is 39.8. The fourth-order valence-electron chi connectivity index (χ4n) is 1.81. The standard InChI is InChI=1S/C16H22O7S/c1-12(15(17)22-9-6-10-24(19,20)21)13(2)16(18)23-11-14-7-4-3-5-8-14/h3-5,7-8,12-13H,6,9-11H2,1-2H3,(H,19,20,21). The number of esters is 2. The predicted octanol–water partition coefficient (Wildman–Crippen LogP) is 1.82. The second kappa shape index (κ2) is 9.39. The summed E-state index contributed by atoms with van der Waals surface area (Å²) in [4.78, 5) is 23.8. The van der Waals surface area contributed by atoms with E-state index in [4.69, 9.17) is 14.0 Å². The average molecular weight is 358 g/mol. The van der Waals surface area contributed by atoms with Crippen LogP contribution in [0.2, 0.25) is 0 Å². The van der Waals surface area contributed by atoms with Crippen LogP contribution in [-0.4, -0.2) is 37.3 Å². The second-order valence-electron chi connectivity index (χ2n) is 5.48. The molecule has 1 rings (SSSR count). The van der Waals surface area contributed by atoms with Crippen LogP contribution in [0.15, 0.2) is 30.3 Å². The molecular weight excluding hydrogens is 336 g/mol. The highest BCUT2D eigenvalue weighted by Gasteiger charge is 2.28. The molecule has 0 aliphatic carbocycles. The Morgan fingerprint density at radius 2 is 1.58 bits per heavy atom. The SMILES string of the molecule is CC(C(=O)OCCCS(=O)(=O)O)C(C)C(=O)OCc1ccccc1. The lowest BCUT2D eigenvalue weighted by Crippen LogP contribution is -2.29. The van der Waals surface area contributed by atoms with Gasteiger partial charge in [0.2, 0.25) is 0 Å². The molecule has 1 N–H and O–H groups in total. The smallest absolute Gasteiger partial charge is 0.309 e. The summed E-state index contributed by atoms with van der Waals surface area (Å²) in [7, 11) is -4.07. The van der Waals surface area contributed by atoms with E-state index in [-0.39, 0.29) is 19.6 Å². The van der Waals surface area contributed by atoms with Crippen LogP contribution in [0.1, 0.15) is 25.8 Å². The molecule has 0 bridgehead atoms. The maximum atomic E-state index is 12.0. The van der Waals surface area contributed by atoms with Crippen LogP contribution in [0.3, 0.4) is 0 Å². The molecule has 0 fully saturated rings. The van der Waals surface area contributed by atoms with Crippen molar-refractivity contribution >= 4 is 22.1 Å². The number of ether oxygens (including phenoxy) is 2. The van der Waals surface area contributed by atoms with Crippen molar-refractivity contribution in [3.63, 3.8) is 0 Å². The quantitative estimate of drug-likeness (QED) is 0.407. The van der Waals surface area contributed by atoms with Crippen LogP contribution in [0.4, 0.5) is 0 Å². The Morgan fingerprint density at radius 1 is 1.04 bits per heavy atom. The molecule has 0 saturated heterocycles. The van der Waals surface area contributed by atoms with E-state index in [2.05, 4.69) is 0 Å². The molecule has 0 aliphatic heterocycles. The summed E-state index contributed by atoms with van der Waals surface area (Å²) >= 11 is 0. The highest BCUT2D eigenvalue weighted by Crippen LogP contribution is 2.16. The first-order chi connectivity index (χ1) is 11.2. The summed E-state index contributed by atoms with van der Waals surface area (Å²) in [5, 5.41) is 0. The molecule has 0 radical (unpaired) electrons. The molecule has 0 heterocycles. The lowest BCUT2D eigenvalue weighted by Gasteiger charge is -2.17. The van der Waals surface area contributed by atoms with Gasteiger partial charge in [0, 0.05) is 0 Å². The Hall–Kier alpha value is -1.93. The first-order valence-electron chi connectivity index (χ1n) is 7.53. The summed E-state index contributed by atoms with van der Waals surface area (Å²) in [6.07, 6.45) is -0.00979. The molecule has 134 valence electrons. The Labute approximate surface area is 141 Å². The predicted molar refractivity (Wildman–Crippen MR) is 86.6 cm³/mol. The largest absolute Gasteiger partial charge is 0.465 e. The zero-order valence-corrected chi connectivity index (χ0v) is 14.5. The van der Waals surface area contributed by atoms with Gasteiger partial charge < -0.3 is 9.47 Å². The molecule has 8 heteroatoms. The number of benzene rings is 1. The Bertz CT molecular complexity index is 640. The first-order valence-corrected chi connectivity index (χ1v) is 9.14. The third kappa shape index (κ3) is 7.56. The molecule has 0 aromatic heterocycles. The topological polar surface area (TPSA) is 107 Å². The van der Waals surface area contributed by atoms with Crippen LogP contribution in [0.25, 0.3) is 0 Å². The van der Waals surface area contributed by atoms with Crippen molar-refractivity contribution in [1.82, 2.24) is 0 Å². The fourth-order valence-corrected chi connectivity index (χ4v) is 2.30. The zero-order valence-electron chi connectivity index (χ0n) is 13.7. The molecule has 1 aromatic rings. The van der Waals surface area contributed by atoms with Crippen LogP contribution in [-0.2, 0) is 35.8 Å². The molecule has 0 aliphatic rings. The van der Waals surface area contributed by atoms with Crippen molar-refractivity contribution in [2.24, 2.45) is 11.8 Å². The summed E-state index contributed by atoms with van der Waals surface area (Å²) in [5.74, 6) is -3.03. The van der Waals surface area contributed by atoms with Gasteiger partial charge in [-0.15, -0.1) is 0 Å². The Kier molecular flexibility index (Phi) is 7.87. The highest BCUT2D eigenvalue weighted by molar-refractivity contribution is 7.85. The third-order valence-corrected chi connectivity index (χ3v) is 4.31. The fraction of sp³-hybridized carbons (Fsp3) is 0.500. The van der Waals surface area contributed by atoms with E-state index >= 15 is 0 Å². The van der Waals surface area contributed by atoms with Crippen LogP contribution in [0.5, 0.6) is 0 Å². The summed E-state index contributed by atoms with van der Waals surface area (Å²) in [6, 6.07) is 9.17. The van der Waals surface area contributed by atoms with Crippen molar-refractivity contribution in [1.29, 1.82) is 0 Å². The zero-order chi connectivity index (χ0) is 18.2. The summed E-state index contributed by atoms with van der Waals surface area (Å²) in [6.45, 7) is 3.09. The van der Waals surface area contributed by atoms with Gasteiger partial charge in [-0.1, -0.05) is 44.2 Å². The molecule has 0 spiro atoms. The van der Waals surface area contributed by atoms with Gasteiger partial charge in [-0.25, -0.2) is 0 Å². The van der Waals surface area contributed by atoms with E-state index < -0.39 is 39.6 Å². The number of hydrogen-bond acceptors (Lipinski definition) is 6. The number of rotatable bonds is 9. The van der Waals surface area contributed by atoms with E-state index in [1.54, 1.807) is 13.8 Å². The second-order valence-corrected chi connectivity index (χ2v) is 7.05. The molecular formula is C16H22O7S. The van der Waals surface area contributed by atoms with Gasteiger partial charge >= 0.3 is 11.9 Å². The van der Waals surface area contributed by atoms with Gasteiger partial charge in [0.15, 0.2) is 0 Å². The van der Waals surface area contributed by atoms with Gasteiger partial charge in [0.1, 0.15) is 6.61 Å². The summed E-state index contributed by atoms with van der Waals surface area (Å²) in [5.41, 5.74) is 0.846. The Morgan fingerprint density at radius 3 is 2.12 bits per heavy atom. The van der Waals surface area contributed by atoms with Crippen molar-refractivity contribution in [2.75, 3.05) is 12.4 Å². The molecule has 1 aromatic carbocycles. The lowest BCUT2D eigenvalue weighted by molar-refractivity contribution is -0.160. The van der Waals surface area contributed by atoms with Gasteiger partial charge in [-0.05, 0) is 12.0 Å². The van der Waals surface area contributed by atoms with Crippen LogP contribution < -0.4 is 0 Å². The number of carbonyl (C=O) groups is 2. The van der Waals surface area contributed by atoms with Crippen molar-refractivity contribution < 1.29 is 32.0 Å². The van der Waals surface area contributed by atoms with E-state index in [0.29, 0.717) is 0 Å². The number of hydrogen-bond donors (Lipinski definition) is 1. The third-order valence-electron chi connectivity index (χ3n) is 3.51. The molecule has 0 saturated carbocycles. The van der Waals surface area contributed by atoms with Crippen LogP contribution in [0, 0.1) is 11.8 Å². The van der Waals surface area contributed by atoms with Gasteiger partial charge in [0.25, 0.3) is 10.1 Å². The van der Waals surface area contributed by atoms with Gasteiger partial charge in [-0.3, -0.25) is 14.1 Å². The van der Waals surface area contributed by atoms with E-state index in [9.17, 15) is 18.0 Å². The van der Waals surface area contributed by atoms with Crippen LogP contribution >= 0.6 is 0 Å². The molecule has 24 heavy (non-hydrogen) atoms. The average Bonchev–Trinajstić information content (AvgIpc) is 2.55. The maximum absolute atomic E-state index is 12.0. The first kappa shape index (κ1) is 20.1. The maximum Gasteiger partial charge on any atom is 0.309 e. The van der Waals surface area contributed by atoms with E-state index in [1.165, 1.54) is 0 Å². The normalized spacial score (nSPS) is 13.8. The Balaban J connectivity index is 2.37. The van der Waals surface area contributed by atoms with E-state index in [0.717, 1.165) is 5.56 Å². The minimum atomic E-state index is -4.07. The molecule has 2 atom stereocenters. The van der Waals surface area contributed by atoms with Crippen molar-refractivity contribution in [3.05, 3.63) is 35.9 Å². The van der Waals surface area contributed by atoms with E-state index in [1.807, 2.05) is 30.3 Å². The minimum absolute atomic E-state index is 0.00979. The van der Waals surface area contributed by atoms with Crippen molar-refractivity contribution in [2.45, 2.75) is 26.9 Å². The molecule has 2 unspecified atom stereocenters. The monoisotopic (exact) mass is 358 g/mol. The number of carbonyl (C=O) groups excluding carboxylic acids is 2. The van der Waals surface area contributed by atoms with Gasteiger partial charge in [-0.2, -0.15) is 8.42 Å². The minimum Gasteiger partial charge on any atom is -0.465 e.